The minimum atomic E-state index is -4.68. The zero-order chi connectivity index (χ0) is 24.0. The van der Waals surface area contributed by atoms with Gasteiger partial charge < -0.3 is 19.8 Å². The van der Waals surface area contributed by atoms with Crippen LogP contribution in [0.2, 0.25) is 0 Å². The molecule has 140 valence electrons. The maximum atomic E-state index is 12.6. The molecule has 0 amide bonds. The Balaban J connectivity index is 1.85. The fourth-order valence-electron chi connectivity index (χ4n) is 2.26. The van der Waals surface area contributed by atoms with E-state index in [9.17, 15) is 18.0 Å². The monoisotopic (exact) mass is 394 g/mol. The van der Waals surface area contributed by atoms with Gasteiger partial charge in [0.2, 0.25) is 17.4 Å². The van der Waals surface area contributed by atoms with E-state index in [1.54, 1.807) is 0 Å². The molecule has 2 aromatic rings. The van der Waals surface area contributed by atoms with Crippen molar-refractivity contribution < 1.29 is 38.9 Å². The molecule has 0 aliphatic carbocycles. The first-order valence-corrected chi connectivity index (χ1v) is 8.93. The zero-order valence-electron chi connectivity index (χ0n) is 18.5. The Bertz CT molecular complexity index is 1250. The Labute approximate surface area is 162 Å². The normalized spacial score (nSPS) is 19.5. The van der Waals surface area contributed by atoms with Crippen molar-refractivity contribution in [2.75, 3.05) is 0 Å². The van der Waals surface area contributed by atoms with Gasteiger partial charge in [-0.25, -0.2) is 4.79 Å². The molecule has 3 N–H and O–H groups in total. The Kier molecular flexibility index (Phi) is 3.41. The van der Waals surface area contributed by atoms with Crippen LogP contribution < -0.4 is 5.73 Å². The van der Waals surface area contributed by atoms with Gasteiger partial charge in [0.05, 0.1) is 12.4 Å². The van der Waals surface area contributed by atoms with Crippen molar-refractivity contribution in [3.8, 4) is 0 Å². The topological polar surface area (TPSA) is 133 Å². The molecule has 0 spiro atoms. The third-order valence-corrected chi connectivity index (χ3v) is 4.54. The highest BCUT2D eigenvalue weighted by molar-refractivity contribution is 7.86. The molecule has 1 aliphatic rings. The number of aromatic carboxylic acids is 1. The van der Waals surface area contributed by atoms with Crippen LogP contribution in [0, 0.1) is 0 Å². The summed E-state index contributed by atoms with van der Waals surface area (Å²) in [5.41, 5.74) is 5.21. The fourth-order valence-corrected chi connectivity index (χ4v) is 3.23. The van der Waals surface area contributed by atoms with Crippen molar-refractivity contribution in [1.82, 2.24) is 0 Å². The largest absolute Gasteiger partial charge is 0.478 e. The molecule has 0 fully saturated rings. The Morgan fingerprint density at radius 1 is 1.22 bits per heavy atom. The Morgan fingerprint density at radius 2 is 1.85 bits per heavy atom. The number of ketones is 1. The lowest BCUT2D eigenvalue weighted by molar-refractivity contribution is -0.123. The van der Waals surface area contributed by atoms with Crippen LogP contribution in [-0.4, -0.2) is 25.3 Å². The van der Waals surface area contributed by atoms with E-state index < -0.39 is 81.1 Å². The van der Waals surface area contributed by atoms with Crippen molar-refractivity contribution in [3.05, 3.63) is 82.8 Å². The summed E-state index contributed by atoms with van der Waals surface area (Å²) in [5, 5.41) is 8.94. The van der Waals surface area contributed by atoms with Gasteiger partial charge in [-0.05, 0) is 17.7 Å². The lowest BCUT2D eigenvalue weighted by Gasteiger charge is -2.10. The van der Waals surface area contributed by atoms with Crippen molar-refractivity contribution in [3.63, 3.8) is 0 Å². The van der Waals surface area contributed by atoms with Gasteiger partial charge in [-0.3, -0.25) is 4.79 Å². The predicted molar refractivity (Wildman–Crippen MR) is 93.6 cm³/mol. The molecule has 2 aromatic carbocycles. The smallest absolute Gasteiger partial charge is 0.335 e. The molecule has 0 saturated carbocycles. The molecule has 1 atom stereocenters. The molecule has 0 saturated heterocycles. The molecule has 1 heterocycles. The van der Waals surface area contributed by atoms with Gasteiger partial charge in [0, 0.05) is 5.56 Å². The van der Waals surface area contributed by atoms with Crippen molar-refractivity contribution in [1.29, 1.82) is 0 Å². The third-order valence-electron chi connectivity index (χ3n) is 3.47. The third kappa shape index (κ3) is 4.09. The second-order valence-electron chi connectivity index (χ2n) is 5.37. The first-order valence-electron chi connectivity index (χ1n) is 9.86. The van der Waals surface area contributed by atoms with Crippen LogP contribution in [0.4, 0.5) is 0 Å². The molecule has 8 nitrogen and oxygen atoms in total. The minimum absolute atomic E-state index is 0.0437. The number of benzene rings is 2. The van der Waals surface area contributed by atoms with Crippen LogP contribution in [0.1, 0.15) is 34.4 Å². The van der Waals surface area contributed by atoms with Crippen molar-refractivity contribution >= 4 is 21.9 Å². The second kappa shape index (κ2) is 7.12. The first-order chi connectivity index (χ1) is 14.8. The van der Waals surface area contributed by atoms with Crippen molar-refractivity contribution in [2.24, 2.45) is 5.73 Å². The molecule has 9 heteroatoms. The molecule has 1 aliphatic heterocycles. The summed E-state index contributed by atoms with van der Waals surface area (Å²) in [4.78, 5) is 23.6. The summed E-state index contributed by atoms with van der Waals surface area (Å²) in [5.74, 6) is -4.72. The van der Waals surface area contributed by atoms with Crippen LogP contribution in [0.3, 0.4) is 0 Å². The van der Waals surface area contributed by atoms with Gasteiger partial charge >= 0.3 is 16.1 Å². The molecular formula is C18H15NO7S. The number of carbonyl (C=O) groups excluding carboxylic acids is 1. The highest BCUT2D eigenvalue weighted by Crippen LogP contribution is 2.32. The summed E-state index contributed by atoms with van der Waals surface area (Å²) >= 11 is 0. The summed E-state index contributed by atoms with van der Waals surface area (Å²) in [7, 11) is -4.68. The molecule has 3 rings (SSSR count). The van der Waals surface area contributed by atoms with Gasteiger partial charge in [-0.2, -0.15) is 8.42 Å². The van der Waals surface area contributed by atoms with Crippen LogP contribution in [0.15, 0.2) is 66.1 Å². The van der Waals surface area contributed by atoms with E-state index in [2.05, 4.69) is 0 Å². The number of hydrogen-bond donors (Lipinski definition) is 2. The number of rotatable bonds is 6. The highest BCUT2D eigenvalue weighted by Gasteiger charge is 2.39. The number of carbonyl (C=O) groups is 2. The number of carboxylic acids is 1. The second-order valence-corrected chi connectivity index (χ2v) is 6.94. The lowest BCUT2D eigenvalue weighted by Crippen LogP contribution is -2.16. The van der Waals surface area contributed by atoms with E-state index in [-0.39, 0.29) is 11.1 Å². The first kappa shape index (κ1) is 12.9. The summed E-state index contributed by atoms with van der Waals surface area (Å²) in [6.07, 6.45) is -1.37. The number of hydrogen-bond acceptors (Lipinski definition) is 7. The average molecular weight is 394 g/mol. The highest BCUT2D eigenvalue weighted by atomic mass is 32.2. The number of nitrogens with two attached hydrogens (primary N) is 1. The maximum absolute atomic E-state index is 12.6. The van der Waals surface area contributed by atoms with E-state index in [0.717, 1.165) is 0 Å². The minimum Gasteiger partial charge on any atom is -0.478 e. The van der Waals surface area contributed by atoms with Gasteiger partial charge in [0.25, 0.3) is 0 Å². The SMILES string of the molecule is [2H]c1c([2H])c([2H])c(CS(=O)(=O)OC2=C(N)OC(c3ccc(C(=O)O)cc3)C2=O)c([2H])c1[2H]. The quantitative estimate of drug-likeness (QED) is 0.707. The van der Waals surface area contributed by atoms with Crippen LogP contribution in [0.25, 0.3) is 0 Å². The molecule has 1 unspecified atom stereocenters. The van der Waals surface area contributed by atoms with Crippen LogP contribution in [-0.2, 0) is 29.6 Å². The fraction of sp³-hybridized carbons (Fsp3) is 0.111. The van der Waals surface area contributed by atoms with E-state index in [4.69, 9.17) is 26.6 Å². The van der Waals surface area contributed by atoms with Crippen LogP contribution >= 0.6 is 0 Å². The average Bonchev–Trinajstić information content (AvgIpc) is 3.02. The lowest BCUT2D eigenvalue weighted by atomic mass is 10.0. The molecule has 0 aromatic heterocycles. The van der Waals surface area contributed by atoms with E-state index in [1.165, 1.54) is 24.3 Å². The summed E-state index contributed by atoms with van der Waals surface area (Å²) in [6.45, 7) is 0. The molecular weight excluding hydrogens is 374 g/mol. The Morgan fingerprint density at radius 3 is 2.44 bits per heavy atom. The molecule has 27 heavy (non-hydrogen) atoms. The van der Waals surface area contributed by atoms with Gasteiger partial charge in [0.15, 0.2) is 6.10 Å². The van der Waals surface area contributed by atoms with E-state index >= 15 is 0 Å². The summed E-state index contributed by atoms with van der Waals surface area (Å²) in [6, 6.07) is 1.44. The molecule has 0 radical (unpaired) electrons. The summed E-state index contributed by atoms with van der Waals surface area (Å²) < 4.78 is 73.4. The number of Topliss-reactive ketones (excluding diaryl/α,β-unsaturated/α-hetero) is 1. The van der Waals surface area contributed by atoms with E-state index in [1.807, 2.05) is 0 Å². The predicted octanol–water partition coefficient (Wildman–Crippen LogP) is 1.70. The van der Waals surface area contributed by atoms with Gasteiger partial charge in [-0.15, -0.1) is 0 Å². The zero-order valence-corrected chi connectivity index (χ0v) is 14.3. The van der Waals surface area contributed by atoms with Gasteiger partial charge in [0.1, 0.15) is 5.75 Å². The number of carboxylic acid groups (broad SMARTS) is 1. The van der Waals surface area contributed by atoms with Gasteiger partial charge in [-0.1, -0.05) is 42.3 Å². The standard InChI is InChI=1S/C18H15NO7S/c19-17-16(26-27(23,24)10-11-4-2-1-3-5-11)14(20)15(25-17)12-6-8-13(9-7-12)18(21)22/h1-9,15H,10,19H2,(H,21,22)/i1D,2D,3D,4D,5D. The van der Waals surface area contributed by atoms with E-state index in [0.29, 0.717) is 0 Å². The van der Waals surface area contributed by atoms with Crippen LogP contribution in [0.5, 0.6) is 0 Å². The Hall–Kier alpha value is -3.33. The molecule has 0 bridgehead atoms. The van der Waals surface area contributed by atoms with Crippen molar-refractivity contribution in [2.45, 2.75) is 11.9 Å². The number of ether oxygens (including phenoxy) is 1. The maximum Gasteiger partial charge on any atom is 0.335 e.